The van der Waals surface area contributed by atoms with Crippen LogP contribution in [0.25, 0.3) is 0 Å². The van der Waals surface area contributed by atoms with Crippen LogP contribution >= 0.6 is 0 Å². The number of benzene rings is 2. The van der Waals surface area contributed by atoms with Crippen molar-refractivity contribution in [3.63, 3.8) is 0 Å². The molecule has 3 aromatic rings. The summed E-state index contributed by atoms with van der Waals surface area (Å²) in [5.74, 6) is -1.01. The van der Waals surface area contributed by atoms with Gasteiger partial charge in [0.25, 0.3) is 5.91 Å². The van der Waals surface area contributed by atoms with Gasteiger partial charge in [0, 0.05) is 26.3 Å². The van der Waals surface area contributed by atoms with Gasteiger partial charge in [-0.25, -0.2) is 4.39 Å². The molecule has 28 heavy (non-hydrogen) atoms. The Bertz CT molecular complexity index is 1040. The molecule has 1 aromatic heterocycles. The smallest absolute Gasteiger partial charge is 0.320 e. The molecule has 144 valence electrons. The van der Waals surface area contributed by atoms with Crippen LogP contribution in [0.1, 0.15) is 21.6 Å². The number of amides is 1. The van der Waals surface area contributed by atoms with E-state index in [2.05, 4.69) is 20.7 Å². The minimum atomic E-state index is -0.669. The summed E-state index contributed by atoms with van der Waals surface area (Å²) in [5.41, 5.74) is 1.55. The zero-order valence-electron chi connectivity index (χ0n) is 15.4. The van der Waals surface area contributed by atoms with E-state index in [-0.39, 0.29) is 18.1 Å². The van der Waals surface area contributed by atoms with Crippen LogP contribution in [0, 0.1) is 5.82 Å². The molecular weight excluding hydrogens is 363 g/mol. The molecule has 0 saturated heterocycles. The Morgan fingerprint density at radius 3 is 2.54 bits per heavy atom. The highest BCUT2D eigenvalue weighted by Crippen LogP contribution is 2.10. The predicted octanol–water partition coefficient (Wildman–Crippen LogP) is 1.59. The van der Waals surface area contributed by atoms with Crippen LogP contribution in [0.4, 0.5) is 10.1 Å². The molecule has 0 radical (unpaired) electrons. The normalized spacial score (nSPS) is 11.0. The summed E-state index contributed by atoms with van der Waals surface area (Å²) < 4.78 is 12.9. The van der Waals surface area contributed by atoms with Gasteiger partial charge in [0.15, 0.2) is 0 Å². The number of aromatic amines is 1. The monoisotopic (exact) mass is 382 g/mol. The van der Waals surface area contributed by atoms with Crippen LogP contribution in [0.3, 0.4) is 0 Å². The lowest BCUT2D eigenvalue weighted by Gasteiger charge is -2.11. The van der Waals surface area contributed by atoms with Crippen molar-refractivity contribution < 1.29 is 9.18 Å². The summed E-state index contributed by atoms with van der Waals surface area (Å²) in [7, 11) is 3.88. The van der Waals surface area contributed by atoms with Gasteiger partial charge in [-0.05, 0) is 35.4 Å². The largest absolute Gasteiger partial charge is 0.378 e. The Hall–Kier alpha value is -3.75. The van der Waals surface area contributed by atoms with Gasteiger partial charge >= 0.3 is 5.56 Å². The topological polar surface area (TPSA) is 95.4 Å². The van der Waals surface area contributed by atoms with Gasteiger partial charge in [-0.15, -0.1) is 9.89 Å². The van der Waals surface area contributed by atoms with Crippen molar-refractivity contribution in [1.82, 2.24) is 20.4 Å². The number of hydrogen-bond acceptors (Lipinski definition) is 5. The average Bonchev–Trinajstić information content (AvgIpc) is 3.06. The lowest BCUT2D eigenvalue weighted by molar-refractivity contribution is 0.0944. The quantitative estimate of drug-likeness (QED) is 0.633. The highest BCUT2D eigenvalue weighted by Gasteiger charge is 2.16. The minimum Gasteiger partial charge on any atom is -0.378 e. The second kappa shape index (κ2) is 8.30. The summed E-state index contributed by atoms with van der Waals surface area (Å²) in [6, 6.07) is 13.2. The van der Waals surface area contributed by atoms with Crippen molar-refractivity contribution in [2.75, 3.05) is 19.0 Å². The van der Waals surface area contributed by atoms with E-state index in [0.717, 1.165) is 16.0 Å². The van der Waals surface area contributed by atoms with Gasteiger partial charge in [-0.1, -0.05) is 24.3 Å². The molecule has 2 aromatic carbocycles. The molecule has 0 unspecified atom stereocenters. The lowest BCUT2D eigenvalue weighted by atomic mass is 10.2. The summed E-state index contributed by atoms with van der Waals surface area (Å²) in [6.07, 6.45) is 1.49. The molecule has 0 saturated carbocycles. The van der Waals surface area contributed by atoms with Crippen LogP contribution in [0.15, 0.2) is 58.4 Å². The SMILES string of the molecule is CN(C)c1ccc(C=Nn2[nH]nc(C(=O)NCc3ccc(F)cc3)c2=O)cc1. The van der Waals surface area contributed by atoms with Crippen LogP contribution in [-0.4, -0.2) is 41.3 Å². The molecular formula is C19H19FN6O2. The maximum absolute atomic E-state index is 12.9. The lowest BCUT2D eigenvalue weighted by Crippen LogP contribution is -2.29. The molecule has 0 fully saturated rings. The minimum absolute atomic E-state index is 0.146. The standard InChI is InChI=1S/C19H19FN6O2/c1-25(2)16-9-5-14(6-10-16)12-22-26-19(28)17(23-24-26)18(27)21-11-13-3-7-15(20)8-4-13/h3-10,12,24H,11H2,1-2H3,(H,21,27). The van der Waals surface area contributed by atoms with Gasteiger partial charge in [0.1, 0.15) is 5.82 Å². The molecule has 0 bridgehead atoms. The summed E-state index contributed by atoms with van der Waals surface area (Å²) in [5, 5.41) is 12.7. The highest BCUT2D eigenvalue weighted by molar-refractivity contribution is 5.91. The van der Waals surface area contributed by atoms with Gasteiger partial charge in [0.05, 0.1) is 6.21 Å². The molecule has 0 spiro atoms. The van der Waals surface area contributed by atoms with E-state index in [9.17, 15) is 14.0 Å². The number of nitrogens with zero attached hydrogens (tertiary/aromatic N) is 4. The first-order valence-electron chi connectivity index (χ1n) is 8.46. The van der Waals surface area contributed by atoms with E-state index in [1.165, 1.54) is 18.3 Å². The van der Waals surface area contributed by atoms with Crippen LogP contribution in [0.2, 0.25) is 0 Å². The fraction of sp³-hybridized carbons (Fsp3) is 0.158. The summed E-state index contributed by atoms with van der Waals surface area (Å²) in [4.78, 5) is 27.3. The Morgan fingerprint density at radius 1 is 1.21 bits per heavy atom. The molecule has 9 heteroatoms. The fourth-order valence-electron chi connectivity index (χ4n) is 2.37. The Kier molecular flexibility index (Phi) is 5.64. The van der Waals surface area contributed by atoms with Crippen LogP contribution in [-0.2, 0) is 6.54 Å². The van der Waals surface area contributed by atoms with Gasteiger partial charge in [-0.2, -0.15) is 10.3 Å². The van der Waals surface area contributed by atoms with E-state index in [1.807, 2.05) is 43.3 Å². The number of carbonyl (C=O) groups is 1. The number of H-pyrrole nitrogens is 1. The zero-order valence-corrected chi connectivity index (χ0v) is 15.4. The van der Waals surface area contributed by atoms with Crippen LogP contribution in [0.5, 0.6) is 0 Å². The summed E-state index contributed by atoms with van der Waals surface area (Å²) in [6.45, 7) is 0.146. The second-order valence-electron chi connectivity index (χ2n) is 6.22. The number of hydrogen-bond donors (Lipinski definition) is 2. The van der Waals surface area contributed by atoms with Crippen molar-refractivity contribution in [2.45, 2.75) is 6.54 Å². The average molecular weight is 382 g/mol. The van der Waals surface area contributed by atoms with Gasteiger partial charge in [0.2, 0.25) is 5.69 Å². The second-order valence-corrected chi connectivity index (χ2v) is 6.22. The first kappa shape index (κ1) is 19.0. The van der Waals surface area contributed by atoms with Crippen molar-refractivity contribution in [3.8, 4) is 0 Å². The molecule has 2 N–H and O–H groups in total. The maximum Gasteiger partial charge on any atom is 0.320 e. The molecule has 8 nitrogen and oxygen atoms in total. The molecule has 0 atom stereocenters. The molecule has 0 aliphatic carbocycles. The Labute approximate surface area is 160 Å². The van der Waals surface area contributed by atoms with Crippen molar-refractivity contribution >= 4 is 17.8 Å². The van der Waals surface area contributed by atoms with E-state index in [4.69, 9.17) is 0 Å². The van der Waals surface area contributed by atoms with Crippen molar-refractivity contribution in [1.29, 1.82) is 0 Å². The summed E-state index contributed by atoms with van der Waals surface area (Å²) >= 11 is 0. The van der Waals surface area contributed by atoms with E-state index < -0.39 is 11.5 Å². The fourth-order valence-corrected chi connectivity index (χ4v) is 2.37. The third kappa shape index (κ3) is 4.50. The zero-order chi connectivity index (χ0) is 20.1. The van der Waals surface area contributed by atoms with Gasteiger partial charge in [-0.3, -0.25) is 9.59 Å². The molecule has 1 heterocycles. The number of anilines is 1. The number of nitrogens with one attached hydrogen (secondary N) is 2. The van der Waals surface area contributed by atoms with Crippen molar-refractivity contribution in [3.05, 3.63) is 81.5 Å². The molecule has 0 aliphatic heterocycles. The van der Waals surface area contributed by atoms with E-state index >= 15 is 0 Å². The highest BCUT2D eigenvalue weighted by atomic mass is 19.1. The number of carbonyl (C=O) groups excluding carboxylic acids is 1. The first-order valence-corrected chi connectivity index (χ1v) is 8.46. The molecule has 1 amide bonds. The first-order chi connectivity index (χ1) is 13.4. The van der Waals surface area contributed by atoms with E-state index in [0.29, 0.717) is 5.56 Å². The Morgan fingerprint density at radius 2 is 1.89 bits per heavy atom. The van der Waals surface area contributed by atoms with E-state index in [1.54, 1.807) is 12.1 Å². The maximum atomic E-state index is 12.9. The Balaban J connectivity index is 1.66. The third-order valence-corrected chi connectivity index (χ3v) is 3.96. The number of aromatic nitrogens is 3. The number of halogens is 1. The van der Waals surface area contributed by atoms with Gasteiger partial charge < -0.3 is 10.2 Å². The molecule has 3 rings (SSSR count). The predicted molar refractivity (Wildman–Crippen MR) is 104 cm³/mol. The molecule has 0 aliphatic rings. The van der Waals surface area contributed by atoms with Crippen molar-refractivity contribution in [2.24, 2.45) is 5.10 Å². The third-order valence-electron chi connectivity index (χ3n) is 3.96. The van der Waals surface area contributed by atoms with Crippen LogP contribution < -0.4 is 15.8 Å². The number of rotatable bonds is 6.